The maximum atomic E-state index is 11.4. The van der Waals surface area contributed by atoms with Crippen LogP contribution in [0.1, 0.15) is 0 Å². The number of allylic oxidation sites excluding steroid dienone is 1. The summed E-state index contributed by atoms with van der Waals surface area (Å²) in [4.78, 5) is 63.9. The first-order valence-corrected chi connectivity index (χ1v) is 5.58. The van der Waals surface area contributed by atoms with Crippen molar-refractivity contribution in [2.45, 2.75) is 5.54 Å². The molecule has 1 aliphatic rings. The standard InChI is InChI=1S/C10H6N2O12/c13-6(14)2-1-3(11(21)22)4(7(15)16)5(8(17)18)10(2,9(19)20)12(23)24/h1,5H,(H,13,14)(H,15,16)(H,17,18)(H,19,20). The number of nitrogens with zero attached hydrogens (tertiary/aromatic N) is 2. The molecule has 0 fully saturated rings. The molecule has 0 amide bonds. The van der Waals surface area contributed by atoms with Crippen LogP contribution in [-0.4, -0.2) is 59.7 Å². The summed E-state index contributed by atoms with van der Waals surface area (Å²) in [5.74, 6) is -12.8. The summed E-state index contributed by atoms with van der Waals surface area (Å²) in [6, 6.07) is 0. The lowest BCUT2D eigenvalue weighted by molar-refractivity contribution is -0.550. The van der Waals surface area contributed by atoms with Gasteiger partial charge in [-0.2, -0.15) is 0 Å². The van der Waals surface area contributed by atoms with E-state index in [2.05, 4.69) is 0 Å². The van der Waals surface area contributed by atoms with E-state index in [1.807, 2.05) is 0 Å². The van der Waals surface area contributed by atoms with Crippen molar-refractivity contribution in [3.05, 3.63) is 43.1 Å². The number of aliphatic carboxylic acids is 4. The van der Waals surface area contributed by atoms with Gasteiger partial charge < -0.3 is 20.4 Å². The van der Waals surface area contributed by atoms with Crippen LogP contribution in [0.4, 0.5) is 0 Å². The van der Waals surface area contributed by atoms with Crippen LogP contribution < -0.4 is 0 Å². The Morgan fingerprint density at radius 3 is 1.75 bits per heavy atom. The molecule has 0 aliphatic heterocycles. The third-order valence-corrected chi connectivity index (χ3v) is 3.19. The van der Waals surface area contributed by atoms with Gasteiger partial charge in [-0.3, -0.25) is 25.0 Å². The Bertz CT molecular complexity index is 746. The average Bonchev–Trinajstić information content (AvgIpc) is 2.43. The first-order valence-electron chi connectivity index (χ1n) is 5.58. The second-order valence-corrected chi connectivity index (χ2v) is 4.32. The summed E-state index contributed by atoms with van der Waals surface area (Å²) < 4.78 is 0. The first-order chi connectivity index (χ1) is 10.9. The third-order valence-electron chi connectivity index (χ3n) is 3.19. The van der Waals surface area contributed by atoms with E-state index in [1.165, 1.54) is 0 Å². The zero-order valence-electron chi connectivity index (χ0n) is 11.1. The van der Waals surface area contributed by atoms with Crippen LogP contribution in [0.5, 0.6) is 0 Å². The Morgan fingerprint density at radius 2 is 1.50 bits per heavy atom. The quantitative estimate of drug-likeness (QED) is 0.315. The van der Waals surface area contributed by atoms with E-state index >= 15 is 0 Å². The molecule has 14 heteroatoms. The van der Waals surface area contributed by atoms with Crippen molar-refractivity contribution in [3.63, 3.8) is 0 Å². The Morgan fingerprint density at radius 1 is 1.00 bits per heavy atom. The molecule has 0 radical (unpaired) electrons. The largest absolute Gasteiger partial charge is 0.481 e. The SMILES string of the molecule is O=C(O)C1=CC([N+](=O)[O-])=C(C(=O)O)C(C(=O)O)C1(C(=O)O)[N+](=O)[O-]. The molecular formula is C10H6N2O12. The van der Waals surface area contributed by atoms with Crippen molar-refractivity contribution in [1.29, 1.82) is 0 Å². The van der Waals surface area contributed by atoms with Crippen LogP contribution in [0.3, 0.4) is 0 Å². The summed E-state index contributed by atoms with van der Waals surface area (Å²) in [6.45, 7) is 0. The minimum absolute atomic E-state index is 0.137. The Labute approximate surface area is 129 Å². The molecule has 0 saturated carbocycles. The highest BCUT2D eigenvalue weighted by Gasteiger charge is 2.71. The summed E-state index contributed by atoms with van der Waals surface area (Å²) in [5.41, 5.74) is -9.03. The van der Waals surface area contributed by atoms with Gasteiger partial charge in [0.2, 0.25) is 0 Å². The lowest BCUT2D eigenvalue weighted by atomic mass is 9.70. The molecule has 2 unspecified atom stereocenters. The number of carboxylic acid groups (broad SMARTS) is 4. The van der Waals surface area contributed by atoms with Gasteiger partial charge in [0, 0.05) is 11.0 Å². The molecule has 24 heavy (non-hydrogen) atoms. The number of carboxylic acids is 4. The van der Waals surface area contributed by atoms with E-state index in [9.17, 15) is 39.4 Å². The molecule has 0 aromatic carbocycles. The van der Waals surface area contributed by atoms with Crippen molar-refractivity contribution in [1.82, 2.24) is 0 Å². The fourth-order valence-corrected chi connectivity index (χ4v) is 2.27. The molecule has 128 valence electrons. The average molecular weight is 346 g/mol. The highest BCUT2D eigenvalue weighted by atomic mass is 16.6. The van der Waals surface area contributed by atoms with Crippen LogP contribution in [0.2, 0.25) is 0 Å². The fourth-order valence-electron chi connectivity index (χ4n) is 2.27. The lowest BCUT2D eigenvalue weighted by Crippen LogP contribution is -2.61. The number of nitro groups is 2. The summed E-state index contributed by atoms with van der Waals surface area (Å²) >= 11 is 0. The van der Waals surface area contributed by atoms with Crippen LogP contribution >= 0.6 is 0 Å². The third kappa shape index (κ3) is 2.31. The Balaban J connectivity index is 4.15. The maximum absolute atomic E-state index is 11.4. The summed E-state index contributed by atoms with van der Waals surface area (Å²) in [6.07, 6.45) is -0.137. The van der Waals surface area contributed by atoms with Crippen molar-refractivity contribution in [3.8, 4) is 0 Å². The topological polar surface area (TPSA) is 235 Å². The van der Waals surface area contributed by atoms with Gasteiger partial charge in [0.25, 0.3) is 5.70 Å². The number of carbonyl (C=O) groups is 4. The normalized spacial score (nSPS) is 23.2. The molecule has 1 rings (SSSR count). The molecule has 2 atom stereocenters. The predicted molar refractivity (Wildman–Crippen MR) is 65.9 cm³/mol. The maximum Gasteiger partial charge on any atom is 0.389 e. The van der Waals surface area contributed by atoms with Crippen LogP contribution in [0.25, 0.3) is 0 Å². The van der Waals surface area contributed by atoms with Crippen LogP contribution in [0.15, 0.2) is 22.9 Å². The van der Waals surface area contributed by atoms with E-state index in [-0.39, 0.29) is 6.08 Å². The molecule has 0 spiro atoms. The molecule has 4 N–H and O–H groups in total. The summed E-state index contributed by atoms with van der Waals surface area (Å²) in [7, 11) is 0. The monoisotopic (exact) mass is 346 g/mol. The Hall–Kier alpha value is -3.84. The van der Waals surface area contributed by atoms with Gasteiger partial charge >= 0.3 is 29.4 Å². The van der Waals surface area contributed by atoms with Gasteiger partial charge in [0.1, 0.15) is 11.1 Å². The highest BCUT2D eigenvalue weighted by molar-refractivity contribution is 6.07. The number of hydrogen-bond acceptors (Lipinski definition) is 8. The van der Waals surface area contributed by atoms with Gasteiger partial charge in [-0.05, 0) is 0 Å². The highest BCUT2D eigenvalue weighted by Crippen LogP contribution is 2.41. The van der Waals surface area contributed by atoms with Crippen molar-refractivity contribution in [2.75, 3.05) is 0 Å². The smallest absolute Gasteiger partial charge is 0.389 e. The van der Waals surface area contributed by atoms with E-state index in [1.54, 1.807) is 0 Å². The fraction of sp³-hybridized carbons (Fsp3) is 0.200. The van der Waals surface area contributed by atoms with E-state index in [0.29, 0.717) is 0 Å². The first kappa shape index (κ1) is 18.2. The molecule has 0 aromatic rings. The zero-order valence-corrected chi connectivity index (χ0v) is 11.1. The van der Waals surface area contributed by atoms with Crippen molar-refractivity contribution < 1.29 is 49.5 Å². The van der Waals surface area contributed by atoms with Gasteiger partial charge in [-0.1, -0.05) is 0 Å². The predicted octanol–water partition coefficient (Wildman–Crippen LogP) is -1.57. The van der Waals surface area contributed by atoms with Gasteiger partial charge in [0.15, 0.2) is 5.92 Å². The Kier molecular flexibility index (Phi) is 4.36. The van der Waals surface area contributed by atoms with E-state index < -0.39 is 62.0 Å². The lowest BCUT2D eigenvalue weighted by Gasteiger charge is -2.29. The van der Waals surface area contributed by atoms with Gasteiger partial charge in [-0.25, -0.2) is 14.4 Å². The molecule has 0 saturated heterocycles. The molecule has 14 nitrogen and oxygen atoms in total. The molecule has 0 aromatic heterocycles. The van der Waals surface area contributed by atoms with Crippen molar-refractivity contribution in [2.24, 2.45) is 5.92 Å². The number of hydrogen-bond donors (Lipinski definition) is 4. The minimum Gasteiger partial charge on any atom is -0.481 e. The second-order valence-electron chi connectivity index (χ2n) is 4.32. The second kappa shape index (κ2) is 5.75. The van der Waals surface area contributed by atoms with Gasteiger partial charge in [-0.15, -0.1) is 0 Å². The molecule has 1 aliphatic carbocycles. The van der Waals surface area contributed by atoms with Crippen molar-refractivity contribution >= 4 is 23.9 Å². The zero-order chi connectivity index (χ0) is 19.0. The molecule has 0 bridgehead atoms. The molecular weight excluding hydrogens is 340 g/mol. The summed E-state index contributed by atoms with van der Waals surface area (Å²) in [5, 5.41) is 58.3. The number of rotatable bonds is 6. The van der Waals surface area contributed by atoms with E-state index in [0.717, 1.165) is 0 Å². The molecule has 0 heterocycles. The van der Waals surface area contributed by atoms with E-state index in [4.69, 9.17) is 20.4 Å². The van der Waals surface area contributed by atoms with Crippen LogP contribution in [-0.2, 0) is 19.2 Å². The minimum atomic E-state index is -3.97. The van der Waals surface area contributed by atoms with Crippen LogP contribution in [0, 0.1) is 26.1 Å². The van der Waals surface area contributed by atoms with Gasteiger partial charge in [0.05, 0.1) is 4.92 Å².